The molecule has 1 aliphatic carbocycles. The zero-order valence-corrected chi connectivity index (χ0v) is 16.8. The first-order valence-corrected chi connectivity index (χ1v) is 9.12. The maximum absolute atomic E-state index is 13.1. The maximum Gasteiger partial charge on any atom is 0.179 e. The molecule has 5 heteroatoms. The Bertz CT molecular complexity index is 985. The van der Waals surface area contributed by atoms with E-state index in [0.29, 0.717) is 10.7 Å². The summed E-state index contributed by atoms with van der Waals surface area (Å²) in [6.07, 6.45) is 1.66. The molecule has 0 atom stereocenters. The first kappa shape index (κ1) is 19.3. The van der Waals surface area contributed by atoms with Gasteiger partial charge in [-0.15, -0.1) is 0 Å². The van der Waals surface area contributed by atoms with Crippen LogP contribution in [0.3, 0.4) is 0 Å². The molecule has 1 heterocycles. The van der Waals surface area contributed by atoms with Crippen LogP contribution in [0.4, 0.5) is 0 Å². The van der Waals surface area contributed by atoms with Crippen molar-refractivity contribution in [1.82, 2.24) is 4.98 Å². The summed E-state index contributed by atoms with van der Waals surface area (Å²) in [7, 11) is 0. The van der Waals surface area contributed by atoms with Crippen LogP contribution < -0.4 is 0 Å². The van der Waals surface area contributed by atoms with Crippen molar-refractivity contribution in [3.05, 3.63) is 58.6 Å². The van der Waals surface area contributed by atoms with Gasteiger partial charge in [-0.1, -0.05) is 23.7 Å². The largest absolute Gasteiger partial charge is 0.510 e. The van der Waals surface area contributed by atoms with Crippen molar-refractivity contribution in [2.24, 2.45) is 10.8 Å². The van der Waals surface area contributed by atoms with E-state index >= 15 is 0 Å². The van der Waals surface area contributed by atoms with Crippen molar-refractivity contribution in [3.8, 4) is 11.1 Å². The molecule has 3 rings (SSSR count). The Hall–Kier alpha value is -2.46. The number of hydrogen-bond donors (Lipinski definition) is 1. The Morgan fingerprint density at radius 1 is 0.963 bits per heavy atom. The predicted molar refractivity (Wildman–Crippen MR) is 107 cm³/mol. The molecule has 0 aliphatic heterocycles. The third kappa shape index (κ3) is 2.98. The summed E-state index contributed by atoms with van der Waals surface area (Å²) in [5, 5.41) is 11.3. The smallest absolute Gasteiger partial charge is 0.179 e. The monoisotopic (exact) mass is 383 g/mol. The van der Waals surface area contributed by atoms with E-state index < -0.39 is 10.8 Å². The molecule has 1 N–H and O–H groups in total. The van der Waals surface area contributed by atoms with Crippen LogP contribution in [0.1, 0.15) is 38.8 Å². The van der Waals surface area contributed by atoms with Gasteiger partial charge in [0.1, 0.15) is 10.9 Å². The summed E-state index contributed by atoms with van der Waals surface area (Å²) in [5.41, 5.74) is 1.05. The van der Waals surface area contributed by atoms with Gasteiger partial charge in [-0.2, -0.15) is 0 Å². The van der Waals surface area contributed by atoms with E-state index in [0.717, 1.165) is 16.7 Å². The molecule has 4 nitrogen and oxygen atoms in total. The minimum atomic E-state index is -1.20. The number of aliphatic hydroxyl groups excluding tert-OH is 1. The minimum Gasteiger partial charge on any atom is -0.510 e. The molecule has 27 heavy (non-hydrogen) atoms. The lowest BCUT2D eigenvalue weighted by Gasteiger charge is -2.38. The quantitative estimate of drug-likeness (QED) is 0.572. The lowest BCUT2D eigenvalue weighted by atomic mass is 9.62. The zero-order chi connectivity index (χ0) is 20.1. The number of carbonyl (C=O) groups is 2. The zero-order valence-electron chi connectivity index (χ0n) is 16.1. The van der Waals surface area contributed by atoms with Gasteiger partial charge >= 0.3 is 0 Å². The second-order valence-corrected chi connectivity index (χ2v) is 8.42. The average Bonchev–Trinajstić information content (AvgIpc) is 2.62. The van der Waals surface area contributed by atoms with Crippen LogP contribution >= 0.6 is 11.6 Å². The van der Waals surface area contributed by atoms with Crippen molar-refractivity contribution in [1.29, 1.82) is 0 Å². The number of hydrogen-bond acceptors (Lipinski definition) is 4. The Morgan fingerprint density at radius 3 is 2.19 bits per heavy atom. The topological polar surface area (TPSA) is 67.3 Å². The van der Waals surface area contributed by atoms with E-state index in [1.165, 1.54) is 0 Å². The molecule has 1 aromatic carbocycles. The lowest BCUT2D eigenvalue weighted by molar-refractivity contribution is -0.143. The van der Waals surface area contributed by atoms with Crippen LogP contribution in [0.25, 0.3) is 16.7 Å². The fraction of sp³-hybridized carbons (Fsp3) is 0.318. The van der Waals surface area contributed by atoms with E-state index in [1.807, 2.05) is 31.2 Å². The molecule has 0 unspecified atom stereocenters. The third-order valence-corrected chi connectivity index (χ3v) is 5.55. The SMILES string of the molecule is Cc1ccc(-c2ccc(Cl)nc2)cc1C1=C(O)C(C)(C)C(=O)C(C)(C)C1=O. The number of Topliss-reactive ketones (excluding diaryl/α,β-unsaturated/α-hetero) is 2. The molecule has 140 valence electrons. The van der Waals surface area contributed by atoms with Gasteiger partial charge in [0.25, 0.3) is 0 Å². The molecular formula is C22H22ClNO3. The van der Waals surface area contributed by atoms with Gasteiger partial charge < -0.3 is 5.11 Å². The molecule has 0 spiro atoms. The summed E-state index contributed by atoms with van der Waals surface area (Å²) in [4.78, 5) is 30.0. The van der Waals surface area contributed by atoms with E-state index in [9.17, 15) is 14.7 Å². The molecule has 2 aromatic rings. The average molecular weight is 384 g/mol. The highest BCUT2D eigenvalue weighted by Gasteiger charge is 2.53. The Balaban J connectivity index is 2.25. The van der Waals surface area contributed by atoms with Gasteiger partial charge in [-0.3, -0.25) is 9.59 Å². The molecule has 0 fully saturated rings. The summed E-state index contributed by atoms with van der Waals surface area (Å²) >= 11 is 5.86. The van der Waals surface area contributed by atoms with Crippen LogP contribution in [0.15, 0.2) is 42.3 Å². The van der Waals surface area contributed by atoms with Gasteiger partial charge in [0.15, 0.2) is 11.6 Å². The Morgan fingerprint density at radius 2 is 1.59 bits per heavy atom. The molecule has 1 aliphatic rings. The van der Waals surface area contributed by atoms with Crippen LogP contribution in [-0.4, -0.2) is 21.7 Å². The van der Waals surface area contributed by atoms with Crippen molar-refractivity contribution in [2.45, 2.75) is 34.6 Å². The van der Waals surface area contributed by atoms with E-state index in [4.69, 9.17) is 11.6 Å². The van der Waals surface area contributed by atoms with E-state index in [2.05, 4.69) is 4.98 Å². The van der Waals surface area contributed by atoms with Gasteiger partial charge in [0.05, 0.1) is 16.4 Å². The number of pyridine rings is 1. The molecule has 0 amide bonds. The predicted octanol–water partition coefficient (Wildman–Crippen LogP) is 5.18. The van der Waals surface area contributed by atoms with E-state index in [1.54, 1.807) is 40.0 Å². The molecule has 0 bridgehead atoms. The first-order chi connectivity index (χ1) is 12.5. The summed E-state index contributed by atoms with van der Waals surface area (Å²) in [6, 6.07) is 9.22. The van der Waals surface area contributed by atoms with Crippen molar-refractivity contribution < 1.29 is 14.7 Å². The van der Waals surface area contributed by atoms with Crippen LogP contribution in [0, 0.1) is 17.8 Å². The molecule has 0 radical (unpaired) electrons. The van der Waals surface area contributed by atoms with Gasteiger partial charge in [0, 0.05) is 11.8 Å². The number of aryl methyl sites for hydroxylation is 1. The highest BCUT2D eigenvalue weighted by atomic mass is 35.5. The standard InChI is InChI=1S/C22H22ClNO3/c1-12-6-7-13(14-8-9-16(23)24-11-14)10-15(12)17-18(25)21(2,3)20(27)22(4,5)19(17)26/h6-11,25H,1-5H3. The third-order valence-electron chi connectivity index (χ3n) is 5.33. The number of nitrogens with zero attached hydrogens (tertiary/aromatic N) is 1. The van der Waals surface area contributed by atoms with Gasteiger partial charge in [0.2, 0.25) is 0 Å². The van der Waals surface area contributed by atoms with Crippen molar-refractivity contribution in [3.63, 3.8) is 0 Å². The number of benzene rings is 1. The summed E-state index contributed by atoms with van der Waals surface area (Å²) < 4.78 is 0. The van der Waals surface area contributed by atoms with E-state index in [-0.39, 0.29) is 22.9 Å². The Labute approximate surface area is 163 Å². The highest BCUT2D eigenvalue weighted by Crippen LogP contribution is 2.47. The highest BCUT2D eigenvalue weighted by molar-refractivity contribution is 6.34. The molecule has 0 saturated heterocycles. The number of aliphatic hydroxyl groups is 1. The Kier molecular flexibility index (Phi) is 4.51. The van der Waals surface area contributed by atoms with Crippen molar-refractivity contribution >= 4 is 28.7 Å². The summed E-state index contributed by atoms with van der Waals surface area (Å²) in [6.45, 7) is 8.42. The lowest BCUT2D eigenvalue weighted by Crippen LogP contribution is -2.48. The number of halogens is 1. The fourth-order valence-corrected chi connectivity index (χ4v) is 3.70. The number of carbonyl (C=O) groups excluding carboxylic acids is 2. The van der Waals surface area contributed by atoms with Crippen LogP contribution in [0.2, 0.25) is 5.15 Å². The molecule has 0 saturated carbocycles. The first-order valence-electron chi connectivity index (χ1n) is 8.74. The number of ketones is 2. The summed E-state index contributed by atoms with van der Waals surface area (Å²) in [5.74, 6) is -0.818. The van der Waals surface area contributed by atoms with Crippen LogP contribution in [0.5, 0.6) is 0 Å². The normalized spacial score (nSPS) is 18.7. The number of rotatable bonds is 2. The van der Waals surface area contributed by atoms with Crippen LogP contribution in [-0.2, 0) is 9.59 Å². The van der Waals surface area contributed by atoms with Crippen molar-refractivity contribution in [2.75, 3.05) is 0 Å². The second-order valence-electron chi connectivity index (χ2n) is 8.03. The van der Waals surface area contributed by atoms with Gasteiger partial charge in [-0.25, -0.2) is 4.98 Å². The molecular weight excluding hydrogens is 362 g/mol. The minimum absolute atomic E-state index is 0.175. The maximum atomic E-state index is 13.1. The second kappa shape index (κ2) is 6.31. The molecule has 1 aromatic heterocycles. The fourth-order valence-electron chi connectivity index (χ4n) is 3.59. The number of allylic oxidation sites excluding steroid dienone is 2. The van der Waals surface area contributed by atoms with Gasteiger partial charge in [-0.05, 0) is 69.5 Å². The number of aromatic nitrogens is 1.